The average molecular weight is 340 g/mol. The van der Waals surface area contributed by atoms with Gasteiger partial charge in [-0.05, 0) is 31.0 Å². The van der Waals surface area contributed by atoms with Crippen LogP contribution in [-0.2, 0) is 9.59 Å². The molecule has 2 aromatic rings. The van der Waals surface area contributed by atoms with Crippen molar-refractivity contribution in [2.45, 2.75) is 12.8 Å². The number of para-hydroxylation sites is 1. The van der Waals surface area contributed by atoms with E-state index in [1.165, 1.54) is 0 Å². The highest BCUT2D eigenvalue weighted by Gasteiger charge is 2.27. The monoisotopic (exact) mass is 340 g/mol. The summed E-state index contributed by atoms with van der Waals surface area (Å²) in [6, 6.07) is 10.9. The Morgan fingerprint density at radius 1 is 1.08 bits per heavy atom. The van der Waals surface area contributed by atoms with Gasteiger partial charge in [0, 0.05) is 31.4 Å². The first-order chi connectivity index (χ1) is 12.2. The van der Waals surface area contributed by atoms with Gasteiger partial charge in [0.2, 0.25) is 11.9 Å². The van der Waals surface area contributed by atoms with Gasteiger partial charge < -0.3 is 9.64 Å². The number of ether oxygens (including phenoxy) is 1. The Balaban J connectivity index is 1.43. The number of hydrogen-bond donors (Lipinski definition) is 1. The SMILES string of the molecule is O=C(Nc1ncccn1)C1CCN(C(=O)COc2ccccc2)CC1. The third-order valence-electron chi connectivity index (χ3n) is 4.12. The van der Waals surface area contributed by atoms with E-state index in [-0.39, 0.29) is 24.3 Å². The molecule has 0 bridgehead atoms. The third-order valence-corrected chi connectivity index (χ3v) is 4.12. The first-order valence-corrected chi connectivity index (χ1v) is 8.26. The minimum Gasteiger partial charge on any atom is -0.484 e. The highest BCUT2D eigenvalue weighted by molar-refractivity contribution is 5.91. The molecule has 3 rings (SSSR count). The molecule has 2 amide bonds. The van der Waals surface area contributed by atoms with E-state index < -0.39 is 0 Å². The van der Waals surface area contributed by atoms with Crippen molar-refractivity contribution in [3.63, 3.8) is 0 Å². The van der Waals surface area contributed by atoms with Crippen LogP contribution in [0.2, 0.25) is 0 Å². The number of piperidine rings is 1. The lowest BCUT2D eigenvalue weighted by Gasteiger charge is -2.31. The maximum Gasteiger partial charge on any atom is 0.260 e. The van der Waals surface area contributed by atoms with Gasteiger partial charge in [0.1, 0.15) is 5.75 Å². The summed E-state index contributed by atoms with van der Waals surface area (Å²) in [6.07, 6.45) is 4.40. The lowest BCUT2D eigenvalue weighted by molar-refractivity contribution is -0.136. The predicted octanol–water partition coefficient (Wildman–Crippen LogP) is 1.73. The number of benzene rings is 1. The van der Waals surface area contributed by atoms with Crippen LogP contribution in [0.3, 0.4) is 0 Å². The number of nitrogens with zero attached hydrogens (tertiary/aromatic N) is 3. The smallest absolute Gasteiger partial charge is 0.260 e. The molecule has 2 heterocycles. The molecule has 0 spiro atoms. The molecule has 0 saturated carbocycles. The minimum atomic E-state index is -0.136. The van der Waals surface area contributed by atoms with Crippen LogP contribution in [0.15, 0.2) is 48.8 Å². The molecule has 1 N–H and O–H groups in total. The van der Waals surface area contributed by atoms with Crippen LogP contribution in [0.1, 0.15) is 12.8 Å². The van der Waals surface area contributed by atoms with Gasteiger partial charge in [-0.15, -0.1) is 0 Å². The van der Waals surface area contributed by atoms with Crippen LogP contribution >= 0.6 is 0 Å². The Morgan fingerprint density at radius 3 is 2.44 bits per heavy atom. The summed E-state index contributed by atoms with van der Waals surface area (Å²) < 4.78 is 5.49. The van der Waals surface area contributed by atoms with Crippen LogP contribution in [0, 0.1) is 5.92 Å². The highest BCUT2D eigenvalue weighted by atomic mass is 16.5. The van der Waals surface area contributed by atoms with E-state index in [2.05, 4.69) is 15.3 Å². The number of likely N-dealkylation sites (tertiary alicyclic amines) is 1. The molecule has 1 aromatic carbocycles. The second-order valence-electron chi connectivity index (χ2n) is 5.82. The molecule has 0 radical (unpaired) electrons. The molecule has 1 aliphatic heterocycles. The van der Waals surface area contributed by atoms with Crippen LogP contribution in [-0.4, -0.2) is 46.4 Å². The summed E-state index contributed by atoms with van der Waals surface area (Å²) in [5, 5.41) is 2.71. The van der Waals surface area contributed by atoms with Gasteiger partial charge in [0.25, 0.3) is 5.91 Å². The molecule has 130 valence electrons. The van der Waals surface area contributed by atoms with Crippen molar-refractivity contribution < 1.29 is 14.3 Å². The van der Waals surface area contributed by atoms with Crippen LogP contribution in [0.4, 0.5) is 5.95 Å². The molecule has 1 aromatic heterocycles. The molecule has 1 fully saturated rings. The zero-order valence-electron chi connectivity index (χ0n) is 13.8. The number of nitrogens with one attached hydrogen (secondary N) is 1. The molecule has 7 nitrogen and oxygen atoms in total. The number of hydrogen-bond acceptors (Lipinski definition) is 5. The maximum absolute atomic E-state index is 12.2. The Morgan fingerprint density at radius 2 is 1.76 bits per heavy atom. The first kappa shape index (κ1) is 16.9. The van der Waals surface area contributed by atoms with E-state index in [0.29, 0.717) is 37.6 Å². The van der Waals surface area contributed by atoms with Crippen molar-refractivity contribution in [1.29, 1.82) is 0 Å². The van der Waals surface area contributed by atoms with Gasteiger partial charge >= 0.3 is 0 Å². The number of rotatable bonds is 5. The van der Waals surface area contributed by atoms with Gasteiger partial charge in [0.15, 0.2) is 6.61 Å². The summed E-state index contributed by atoms with van der Waals surface area (Å²) in [6.45, 7) is 1.11. The predicted molar refractivity (Wildman–Crippen MR) is 91.9 cm³/mol. The van der Waals surface area contributed by atoms with Crippen LogP contribution < -0.4 is 10.1 Å². The standard InChI is InChI=1S/C18H20N4O3/c23-16(13-25-15-5-2-1-3-6-15)22-11-7-14(8-12-22)17(24)21-18-19-9-4-10-20-18/h1-6,9-10,14H,7-8,11-13H2,(H,19,20,21,24). The zero-order valence-corrected chi connectivity index (χ0v) is 13.8. The van der Waals surface area contributed by atoms with Gasteiger partial charge in [0.05, 0.1) is 0 Å². The largest absolute Gasteiger partial charge is 0.484 e. The van der Waals surface area contributed by atoms with Gasteiger partial charge in [-0.1, -0.05) is 18.2 Å². The van der Waals surface area contributed by atoms with Crippen molar-refractivity contribution >= 4 is 17.8 Å². The van der Waals surface area contributed by atoms with Crippen molar-refractivity contribution in [3.8, 4) is 5.75 Å². The maximum atomic E-state index is 12.2. The Hall–Kier alpha value is -2.96. The van der Waals surface area contributed by atoms with Crippen molar-refractivity contribution in [2.75, 3.05) is 25.0 Å². The summed E-state index contributed by atoms with van der Waals surface area (Å²) in [5.74, 6) is 0.686. The lowest BCUT2D eigenvalue weighted by Crippen LogP contribution is -2.43. The fourth-order valence-corrected chi connectivity index (χ4v) is 2.72. The van der Waals surface area contributed by atoms with Crippen molar-refractivity contribution in [3.05, 3.63) is 48.8 Å². The number of amides is 2. The van der Waals surface area contributed by atoms with E-state index in [1.54, 1.807) is 23.4 Å². The molecule has 0 unspecified atom stereocenters. The van der Waals surface area contributed by atoms with E-state index in [1.807, 2.05) is 30.3 Å². The molecule has 1 aliphatic rings. The third kappa shape index (κ3) is 4.76. The summed E-state index contributed by atoms with van der Waals surface area (Å²) >= 11 is 0. The number of anilines is 1. The Bertz CT molecular complexity index is 701. The van der Waals surface area contributed by atoms with E-state index >= 15 is 0 Å². The number of carbonyl (C=O) groups is 2. The topological polar surface area (TPSA) is 84.4 Å². The quantitative estimate of drug-likeness (QED) is 0.896. The highest BCUT2D eigenvalue weighted by Crippen LogP contribution is 2.19. The number of carbonyl (C=O) groups excluding carboxylic acids is 2. The average Bonchev–Trinajstić information content (AvgIpc) is 2.68. The number of aromatic nitrogens is 2. The molecule has 0 aliphatic carbocycles. The summed E-state index contributed by atoms with van der Waals surface area (Å²) in [7, 11) is 0. The van der Waals surface area contributed by atoms with E-state index in [4.69, 9.17) is 4.74 Å². The van der Waals surface area contributed by atoms with Gasteiger partial charge in [-0.2, -0.15) is 0 Å². The normalized spacial score (nSPS) is 14.8. The molecule has 25 heavy (non-hydrogen) atoms. The second kappa shape index (κ2) is 8.23. The first-order valence-electron chi connectivity index (χ1n) is 8.26. The van der Waals surface area contributed by atoms with Crippen molar-refractivity contribution in [2.24, 2.45) is 5.92 Å². The van der Waals surface area contributed by atoms with Gasteiger partial charge in [-0.25, -0.2) is 9.97 Å². The fraction of sp³-hybridized carbons (Fsp3) is 0.333. The van der Waals surface area contributed by atoms with Gasteiger partial charge in [-0.3, -0.25) is 14.9 Å². The van der Waals surface area contributed by atoms with E-state index in [9.17, 15) is 9.59 Å². The van der Waals surface area contributed by atoms with Crippen LogP contribution in [0.25, 0.3) is 0 Å². The second-order valence-corrected chi connectivity index (χ2v) is 5.82. The Kier molecular flexibility index (Phi) is 5.56. The van der Waals surface area contributed by atoms with E-state index in [0.717, 1.165) is 0 Å². The fourth-order valence-electron chi connectivity index (χ4n) is 2.72. The van der Waals surface area contributed by atoms with Crippen LogP contribution in [0.5, 0.6) is 5.75 Å². The molecule has 1 saturated heterocycles. The molecular formula is C18H20N4O3. The lowest BCUT2D eigenvalue weighted by atomic mass is 9.96. The van der Waals surface area contributed by atoms with Crippen molar-refractivity contribution in [1.82, 2.24) is 14.9 Å². The zero-order chi connectivity index (χ0) is 17.5. The minimum absolute atomic E-state index is 0.0126. The molecule has 0 atom stereocenters. The summed E-state index contributed by atoms with van der Waals surface area (Å²) in [5.41, 5.74) is 0. The summed E-state index contributed by atoms with van der Waals surface area (Å²) in [4.78, 5) is 34.2. The Labute approximate surface area is 146 Å². The molecular weight excluding hydrogens is 320 g/mol. The molecule has 7 heteroatoms.